The molecule has 0 radical (unpaired) electrons. The van der Waals surface area contributed by atoms with E-state index < -0.39 is 0 Å². The van der Waals surface area contributed by atoms with Crippen LogP contribution in [-0.4, -0.2) is 5.38 Å². The number of para-hydroxylation sites is 1. The number of ether oxygens (including phenoxy) is 1. The van der Waals surface area contributed by atoms with E-state index in [0.29, 0.717) is 0 Å². The van der Waals surface area contributed by atoms with Crippen molar-refractivity contribution in [2.45, 2.75) is 24.3 Å². The summed E-state index contributed by atoms with van der Waals surface area (Å²) in [4.78, 5) is 0. The first-order valence-corrected chi connectivity index (χ1v) is 7.18. The number of alkyl halides is 1. The van der Waals surface area contributed by atoms with E-state index in [1.165, 1.54) is 5.56 Å². The smallest absolute Gasteiger partial charge is 0.125 e. The Morgan fingerprint density at radius 1 is 1.05 bits per heavy atom. The topological polar surface area (TPSA) is 9.23 Å². The molecule has 1 aliphatic heterocycles. The highest BCUT2D eigenvalue weighted by Gasteiger charge is 2.24. The molecule has 2 atom stereocenters. The van der Waals surface area contributed by atoms with Gasteiger partial charge in [0.15, 0.2) is 0 Å². The van der Waals surface area contributed by atoms with Crippen molar-refractivity contribution < 1.29 is 4.74 Å². The zero-order valence-electron chi connectivity index (χ0n) is 10.4. The van der Waals surface area contributed by atoms with Gasteiger partial charge in [-0.3, -0.25) is 0 Å². The number of halogens is 2. The first-order chi connectivity index (χ1) is 9.22. The average molecular weight is 293 g/mol. The first-order valence-electron chi connectivity index (χ1n) is 6.36. The third-order valence-corrected chi connectivity index (χ3v) is 3.94. The predicted octanol–water partition coefficient (Wildman–Crippen LogP) is 5.01. The Bertz CT molecular complexity index is 582. The summed E-state index contributed by atoms with van der Waals surface area (Å²) >= 11 is 12.5. The average Bonchev–Trinajstić information content (AvgIpc) is 2.56. The lowest BCUT2D eigenvalue weighted by atomic mass is 10.0. The van der Waals surface area contributed by atoms with Gasteiger partial charge in [0.25, 0.3) is 0 Å². The van der Waals surface area contributed by atoms with Crippen LogP contribution in [0.15, 0.2) is 48.5 Å². The lowest BCUT2D eigenvalue weighted by Gasteiger charge is -2.19. The van der Waals surface area contributed by atoms with E-state index in [-0.39, 0.29) is 11.5 Å². The maximum atomic E-state index is 6.42. The standard InChI is InChI=1S/C16H14Cl2O/c17-13-6-3-5-12(8-13)16-10-14(18)9-11-4-1-2-7-15(11)19-16/h1-8,14,16H,9-10H2/t14-,16-/m0/s1. The predicted molar refractivity (Wildman–Crippen MR) is 79.2 cm³/mol. The van der Waals surface area contributed by atoms with E-state index >= 15 is 0 Å². The van der Waals surface area contributed by atoms with Gasteiger partial charge in [0, 0.05) is 16.8 Å². The van der Waals surface area contributed by atoms with E-state index in [9.17, 15) is 0 Å². The molecular formula is C16H14Cl2O. The van der Waals surface area contributed by atoms with Gasteiger partial charge in [0.1, 0.15) is 11.9 Å². The first kappa shape index (κ1) is 12.8. The van der Waals surface area contributed by atoms with Crippen molar-refractivity contribution in [1.29, 1.82) is 0 Å². The van der Waals surface area contributed by atoms with E-state index in [2.05, 4.69) is 6.07 Å². The van der Waals surface area contributed by atoms with Crippen molar-refractivity contribution in [3.63, 3.8) is 0 Å². The van der Waals surface area contributed by atoms with Crippen LogP contribution in [0.2, 0.25) is 5.02 Å². The maximum absolute atomic E-state index is 6.42. The second-order valence-electron chi connectivity index (χ2n) is 4.81. The van der Waals surface area contributed by atoms with Crippen molar-refractivity contribution in [1.82, 2.24) is 0 Å². The molecule has 1 nitrogen and oxygen atoms in total. The molecule has 3 heteroatoms. The van der Waals surface area contributed by atoms with Crippen LogP contribution >= 0.6 is 23.2 Å². The Morgan fingerprint density at radius 2 is 1.89 bits per heavy atom. The molecule has 0 amide bonds. The molecule has 0 saturated carbocycles. The van der Waals surface area contributed by atoms with Gasteiger partial charge in [-0.1, -0.05) is 41.9 Å². The highest BCUT2D eigenvalue weighted by Crippen LogP contribution is 2.35. The Balaban J connectivity index is 1.95. The minimum absolute atomic E-state index is 0.0372. The summed E-state index contributed by atoms with van der Waals surface area (Å²) in [6.07, 6.45) is 1.59. The minimum atomic E-state index is -0.0372. The second kappa shape index (κ2) is 5.44. The number of hydrogen-bond donors (Lipinski definition) is 0. The molecule has 0 fully saturated rings. The number of hydrogen-bond acceptors (Lipinski definition) is 1. The van der Waals surface area contributed by atoms with Crippen molar-refractivity contribution in [3.8, 4) is 5.75 Å². The highest BCUT2D eigenvalue weighted by molar-refractivity contribution is 6.30. The Morgan fingerprint density at radius 3 is 2.74 bits per heavy atom. The zero-order chi connectivity index (χ0) is 13.2. The van der Waals surface area contributed by atoms with E-state index in [1.807, 2.05) is 42.5 Å². The summed E-state index contributed by atoms with van der Waals surface area (Å²) in [5.74, 6) is 0.927. The van der Waals surface area contributed by atoms with Crippen LogP contribution in [0.5, 0.6) is 5.75 Å². The van der Waals surface area contributed by atoms with E-state index in [0.717, 1.165) is 29.2 Å². The maximum Gasteiger partial charge on any atom is 0.125 e. The van der Waals surface area contributed by atoms with E-state index in [4.69, 9.17) is 27.9 Å². The fraction of sp³-hybridized carbons (Fsp3) is 0.250. The molecule has 1 aliphatic rings. The van der Waals surface area contributed by atoms with Gasteiger partial charge < -0.3 is 4.74 Å². The van der Waals surface area contributed by atoms with Gasteiger partial charge in [-0.2, -0.15) is 0 Å². The molecule has 0 aromatic heterocycles. The number of rotatable bonds is 1. The molecule has 98 valence electrons. The zero-order valence-corrected chi connectivity index (χ0v) is 11.9. The third-order valence-electron chi connectivity index (χ3n) is 3.37. The van der Waals surface area contributed by atoms with Crippen molar-refractivity contribution in [2.75, 3.05) is 0 Å². The molecule has 0 unspecified atom stereocenters. The molecule has 0 aliphatic carbocycles. The fourth-order valence-corrected chi connectivity index (χ4v) is 2.98. The van der Waals surface area contributed by atoms with Gasteiger partial charge >= 0.3 is 0 Å². The summed E-state index contributed by atoms with van der Waals surface area (Å²) in [7, 11) is 0. The second-order valence-corrected chi connectivity index (χ2v) is 5.86. The molecule has 19 heavy (non-hydrogen) atoms. The van der Waals surface area contributed by atoms with Crippen LogP contribution in [0, 0.1) is 0 Å². The summed E-state index contributed by atoms with van der Waals surface area (Å²) < 4.78 is 6.13. The lowest BCUT2D eigenvalue weighted by Crippen LogP contribution is -2.11. The Labute approximate surface area is 123 Å². The minimum Gasteiger partial charge on any atom is -0.485 e. The summed E-state index contributed by atoms with van der Waals surface area (Å²) in [5, 5.41) is 0.803. The molecule has 2 aromatic carbocycles. The Hall–Kier alpha value is -1.18. The molecule has 3 rings (SSSR count). The third kappa shape index (κ3) is 2.88. The lowest BCUT2D eigenvalue weighted by molar-refractivity contribution is 0.201. The monoisotopic (exact) mass is 292 g/mol. The number of benzene rings is 2. The fourth-order valence-electron chi connectivity index (χ4n) is 2.45. The van der Waals surface area contributed by atoms with Gasteiger partial charge in [-0.15, -0.1) is 11.6 Å². The molecule has 2 aromatic rings. The van der Waals surface area contributed by atoms with Gasteiger partial charge in [0.05, 0.1) is 0 Å². The van der Waals surface area contributed by atoms with Crippen LogP contribution in [-0.2, 0) is 6.42 Å². The van der Waals surface area contributed by atoms with Crippen LogP contribution in [0.3, 0.4) is 0 Å². The van der Waals surface area contributed by atoms with Crippen LogP contribution in [0.4, 0.5) is 0 Å². The summed E-state index contributed by atoms with van der Waals surface area (Å²) in [6, 6.07) is 15.9. The van der Waals surface area contributed by atoms with Crippen LogP contribution in [0.1, 0.15) is 23.7 Å². The molecule has 0 N–H and O–H groups in total. The van der Waals surface area contributed by atoms with Gasteiger partial charge in [0.2, 0.25) is 0 Å². The van der Waals surface area contributed by atoms with Crippen molar-refractivity contribution in [2.24, 2.45) is 0 Å². The van der Waals surface area contributed by atoms with Crippen molar-refractivity contribution >= 4 is 23.2 Å². The Kier molecular flexibility index (Phi) is 3.67. The van der Waals surface area contributed by atoms with Gasteiger partial charge in [-0.05, 0) is 35.7 Å². The number of fused-ring (bicyclic) bond motifs is 1. The highest BCUT2D eigenvalue weighted by atomic mass is 35.5. The molecule has 0 saturated heterocycles. The van der Waals surface area contributed by atoms with Crippen molar-refractivity contribution in [3.05, 3.63) is 64.7 Å². The largest absolute Gasteiger partial charge is 0.485 e. The van der Waals surface area contributed by atoms with Crippen LogP contribution < -0.4 is 4.74 Å². The normalized spacial score (nSPS) is 22.2. The molecule has 0 bridgehead atoms. The summed E-state index contributed by atoms with van der Waals surface area (Å²) in [6.45, 7) is 0. The quantitative estimate of drug-likeness (QED) is 0.671. The molecule has 0 spiro atoms. The van der Waals surface area contributed by atoms with Gasteiger partial charge in [-0.25, -0.2) is 0 Å². The summed E-state index contributed by atoms with van der Waals surface area (Å²) in [5.41, 5.74) is 2.25. The van der Waals surface area contributed by atoms with Crippen LogP contribution in [0.25, 0.3) is 0 Å². The van der Waals surface area contributed by atoms with E-state index in [1.54, 1.807) is 0 Å². The molecular weight excluding hydrogens is 279 g/mol. The SMILES string of the molecule is Clc1cccc([C@@H]2C[C@@H](Cl)Cc3ccccc3O2)c1. The molecule has 1 heterocycles.